The quantitative estimate of drug-likeness (QED) is 0.929. The van der Waals surface area contributed by atoms with Gasteiger partial charge in [0, 0.05) is 41.8 Å². The molecular weight excluding hydrogens is 310 g/mol. The van der Waals surface area contributed by atoms with Crippen molar-refractivity contribution in [2.45, 2.75) is 32.6 Å². The molecule has 2 aromatic rings. The lowest BCUT2D eigenvalue weighted by Crippen LogP contribution is -2.36. The van der Waals surface area contributed by atoms with Gasteiger partial charge >= 0.3 is 0 Å². The van der Waals surface area contributed by atoms with Crippen LogP contribution in [0.15, 0.2) is 24.4 Å². The number of carbonyl (C=O) groups excluding carboxylic acids is 1. The Morgan fingerprint density at radius 1 is 1.48 bits per heavy atom. The maximum Gasteiger partial charge on any atom is 0.217 e. The van der Waals surface area contributed by atoms with Crippen LogP contribution in [0.5, 0.6) is 0 Å². The van der Waals surface area contributed by atoms with E-state index in [1.54, 1.807) is 0 Å². The van der Waals surface area contributed by atoms with Crippen LogP contribution < -0.4 is 10.6 Å². The van der Waals surface area contributed by atoms with E-state index < -0.39 is 0 Å². The number of hydrogen-bond acceptors (Lipinski definition) is 3. The number of nitrogens with two attached hydrogens (primary N) is 1. The molecule has 2 N–H and O–H groups in total. The van der Waals surface area contributed by atoms with Crippen LogP contribution >= 0.6 is 11.6 Å². The molecule has 0 radical (unpaired) electrons. The number of amides is 1. The number of fused-ring (bicyclic) bond motifs is 1. The first-order valence-electron chi connectivity index (χ1n) is 8.12. The number of primary amides is 1. The van der Waals surface area contributed by atoms with Gasteiger partial charge in [-0.2, -0.15) is 0 Å². The molecule has 1 aliphatic heterocycles. The lowest BCUT2D eigenvalue weighted by Gasteiger charge is -2.35. The van der Waals surface area contributed by atoms with E-state index in [0.29, 0.717) is 12.3 Å². The predicted molar refractivity (Wildman–Crippen MR) is 94.9 cm³/mol. The van der Waals surface area contributed by atoms with E-state index in [9.17, 15) is 4.79 Å². The largest absolute Gasteiger partial charge is 0.371 e. The van der Waals surface area contributed by atoms with E-state index >= 15 is 0 Å². The minimum Gasteiger partial charge on any atom is -0.371 e. The smallest absolute Gasteiger partial charge is 0.217 e. The van der Waals surface area contributed by atoms with E-state index in [0.717, 1.165) is 53.8 Å². The highest BCUT2D eigenvalue weighted by Crippen LogP contribution is 2.33. The average Bonchev–Trinajstić information content (AvgIpc) is 2.52. The second-order valence-electron chi connectivity index (χ2n) is 6.41. The minimum atomic E-state index is -0.209. The van der Waals surface area contributed by atoms with Gasteiger partial charge in [-0.1, -0.05) is 11.6 Å². The van der Waals surface area contributed by atoms with E-state index in [1.807, 2.05) is 25.3 Å². The van der Waals surface area contributed by atoms with E-state index in [2.05, 4.69) is 16.0 Å². The van der Waals surface area contributed by atoms with E-state index in [1.165, 1.54) is 5.69 Å². The number of aryl methyl sites for hydroxylation is 1. The Morgan fingerprint density at radius 3 is 3.09 bits per heavy atom. The summed E-state index contributed by atoms with van der Waals surface area (Å²) in [4.78, 5) is 17.9. The van der Waals surface area contributed by atoms with Crippen LogP contribution in [0.1, 0.15) is 31.2 Å². The third kappa shape index (κ3) is 3.58. The maximum absolute atomic E-state index is 11.0. The summed E-state index contributed by atoms with van der Waals surface area (Å²) in [5.74, 6) is 0.304. The van der Waals surface area contributed by atoms with Crippen LogP contribution in [0.4, 0.5) is 5.69 Å². The highest BCUT2D eigenvalue weighted by molar-refractivity contribution is 6.31. The Morgan fingerprint density at radius 2 is 2.30 bits per heavy atom. The van der Waals surface area contributed by atoms with Crippen LogP contribution in [0.2, 0.25) is 5.02 Å². The first kappa shape index (κ1) is 16.1. The first-order valence-corrected chi connectivity index (χ1v) is 8.50. The molecule has 1 aliphatic rings. The molecule has 122 valence electrons. The molecule has 0 bridgehead atoms. The van der Waals surface area contributed by atoms with Crippen molar-refractivity contribution in [3.8, 4) is 0 Å². The standard InChI is InChI=1S/C18H22ClN3O/c1-12-9-14(19)10-15-16(6-7-21-18(12)15)22-8-2-3-13(11-22)4-5-17(20)23/h6-7,9-10,13H,2-5,8,11H2,1H3,(H2,20,23)/t13-/m1/s1. The molecule has 5 heteroatoms. The molecule has 1 amide bonds. The third-order valence-corrected chi connectivity index (χ3v) is 4.85. The summed E-state index contributed by atoms with van der Waals surface area (Å²) in [6.45, 7) is 4.02. The predicted octanol–water partition coefficient (Wildman–Crippen LogP) is 3.68. The number of pyridine rings is 1. The molecule has 0 aliphatic carbocycles. The van der Waals surface area contributed by atoms with Crippen molar-refractivity contribution >= 4 is 34.1 Å². The van der Waals surface area contributed by atoms with E-state index in [4.69, 9.17) is 17.3 Å². The molecule has 1 atom stereocenters. The summed E-state index contributed by atoms with van der Waals surface area (Å²) >= 11 is 6.25. The molecule has 1 aromatic heterocycles. The number of halogens is 1. The van der Waals surface area contributed by atoms with Gasteiger partial charge in [-0.05, 0) is 55.9 Å². The molecule has 2 heterocycles. The van der Waals surface area contributed by atoms with E-state index in [-0.39, 0.29) is 5.91 Å². The number of nitrogens with zero attached hydrogens (tertiary/aromatic N) is 2. The Hall–Kier alpha value is -1.81. The van der Waals surface area contributed by atoms with Crippen molar-refractivity contribution in [3.63, 3.8) is 0 Å². The van der Waals surface area contributed by atoms with Gasteiger partial charge in [0.05, 0.1) is 5.52 Å². The highest BCUT2D eigenvalue weighted by Gasteiger charge is 2.22. The molecule has 4 nitrogen and oxygen atoms in total. The number of rotatable bonds is 4. The number of anilines is 1. The normalized spacial score (nSPS) is 18.3. The second kappa shape index (κ2) is 6.75. The third-order valence-electron chi connectivity index (χ3n) is 4.64. The summed E-state index contributed by atoms with van der Waals surface area (Å²) in [7, 11) is 0. The van der Waals surface area contributed by atoms with Crippen LogP contribution in [0.25, 0.3) is 10.9 Å². The van der Waals surface area contributed by atoms with Gasteiger partial charge in [0.25, 0.3) is 0 Å². The highest BCUT2D eigenvalue weighted by atomic mass is 35.5. The van der Waals surface area contributed by atoms with Gasteiger partial charge in [-0.25, -0.2) is 0 Å². The second-order valence-corrected chi connectivity index (χ2v) is 6.84. The van der Waals surface area contributed by atoms with Gasteiger partial charge in [0.15, 0.2) is 0 Å². The summed E-state index contributed by atoms with van der Waals surface area (Å²) < 4.78 is 0. The van der Waals surface area contributed by atoms with Gasteiger partial charge in [0.2, 0.25) is 5.91 Å². The lowest BCUT2D eigenvalue weighted by atomic mass is 9.92. The van der Waals surface area contributed by atoms with Crippen LogP contribution in [0, 0.1) is 12.8 Å². The SMILES string of the molecule is Cc1cc(Cl)cc2c(N3CCC[C@H](CCC(N)=O)C3)ccnc12. The number of benzene rings is 1. The fourth-order valence-corrected chi connectivity index (χ4v) is 3.79. The summed E-state index contributed by atoms with van der Waals surface area (Å²) in [5.41, 5.74) is 8.57. The molecule has 23 heavy (non-hydrogen) atoms. The Kier molecular flexibility index (Phi) is 4.71. The van der Waals surface area contributed by atoms with Crippen LogP contribution in [0.3, 0.4) is 0 Å². The number of carbonyl (C=O) groups is 1. The maximum atomic E-state index is 11.0. The number of hydrogen-bond donors (Lipinski definition) is 1. The van der Waals surface area contributed by atoms with Gasteiger partial charge in [-0.15, -0.1) is 0 Å². The minimum absolute atomic E-state index is 0.209. The van der Waals surface area contributed by atoms with Crippen molar-refractivity contribution in [1.82, 2.24) is 4.98 Å². The zero-order valence-corrected chi connectivity index (χ0v) is 14.1. The van der Waals surface area contributed by atoms with Gasteiger partial charge < -0.3 is 10.6 Å². The van der Waals surface area contributed by atoms with Crippen LogP contribution in [-0.4, -0.2) is 24.0 Å². The Bertz CT molecular complexity index is 732. The average molecular weight is 332 g/mol. The summed E-state index contributed by atoms with van der Waals surface area (Å²) in [6, 6.07) is 6.01. The van der Waals surface area contributed by atoms with Gasteiger partial charge in [0.1, 0.15) is 0 Å². The van der Waals surface area contributed by atoms with Crippen molar-refractivity contribution < 1.29 is 4.79 Å². The molecule has 0 spiro atoms. The van der Waals surface area contributed by atoms with Crippen molar-refractivity contribution in [2.24, 2.45) is 11.7 Å². The molecule has 1 fully saturated rings. The monoisotopic (exact) mass is 331 g/mol. The van der Waals surface area contributed by atoms with Gasteiger partial charge in [-0.3, -0.25) is 9.78 Å². The van der Waals surface area contributed by atoms with Crippen molar-refractivity contribution in [3.05, 3.63) is 35.0 Å². The van der Waals surface area contributed by atoms with Crippen molar-refractivity contribution in [2.75, 3.05) is 18.0 Å². The topological polar surface area (TPSA) is 59.2 Å². The Balaban J connectivity index is 1.89. The lowest BCUT2D eigenvalue weighted by molar-refractivity contribution is -0.118. The van der Waals surface area contributed by atoms with Crippen molar-refractivity contribution in [1.29, 1.82) is 0 Å². The molecular formula is C18H22ClN3O. The fraction of sp³-hybridized carbons (Fsp3) is 0.444. The molecule has 0 unspecified atom stereocenters. The van der Waals surface area contributed by atoms with Crippen LogP contribution in [-0.2, 0) is 4.79 Å². The summed E-state index contributed by atoms with van der Waals surface area (Å²) in [5, 5.41) is 1.85. The first-order chi connectivity index (χ1) is 11.0. The molecule has 1 aromatic carbocycles. The number of piperidine rings is 1. The molecule has 1 saturated heterocycles. The summed E-state index contributed by atoms with van der Waals surface area (Å²) in [6.07, 6.45) is 5.50. The molecule has 0 saturated carbocycles. The fourth-order valence-electron chi connectivity index (χ4n) is 3.52. The zero-order chi connectivity index (χ0) is 16.4. The Labute approximate surface area is 141 Å². The zero-order valence-electron chi connectivity index (χ0n) is 13.4. The molecule has 3 rings (SSSR count). The number of aromatic nitrogens is 1.